The number of nitrogens with one attached hydrogen (secondary N) is 1. The Morgan fingerprint density at radius 3 is 2.80 bits per heavy atom. The topological polar surface area (TPSA) is 117 Å². The number of methoxy groups -OCH3 is 1. The molecule has 1 fully saturated rings. The van der Waals surface area contributed by atoms with Crippen LogP contribution >= 0.6 is 0 Å². The Hall–Kier alpha value is -3.02. The van der Waals surface area contributed by atoms with Crippen molar-refractivity contribution in [1.82, 2.24) is 24.1 Å². The molecule has 0 radical (unpaired) electrons. The van der Waals surface area contributed by atoms with Crippen molar-refractivity contribution >= 4 is 10.0 Å². The molecule has 30 heavy (non-hydrogen) atoms. The first kappa shape index (κ1) is 20.3. The highest BCUT2D eigenvalue weighted by molar-refractivity contribution is 7.89. The van der Waals surface area contributed by atoms with Gasteiger partial charge in [0.1, 0.15) is 5.75 Å². The minimum absolute atomic E-state index is 0.0962. The maximum Gasteiger partial charge on any atom is 0.267 e. The maximum atomic E-state index is 12.7. The molecule has 2 unspecified atom stereocenters. The summed E-state index contributed by atoms with van der Waals surface area (Å²) in [6, 6.07) is 9.07. The molecular formula is C19H21N5O5S. The lowest BCUT2D eigenvalue weighted by molar-refractivity contribution is 0.182. The standard InChI is InChI=1S/C19H21N5O5S/c1-23-9-18(20-12-23)30(26,27)22-16-10-29-11-17(16)24-19(25)7-6-15(21-24)13-4-3-5-14(8-13)28-2/h3-9,12,16-17,22H,10-11H2,1-2H3. The Bertz CT molecular complexity index is 1220. The molecule has 1 aliphatic heterocycles. The van der Waals surface area contributed by atoms with Crippen molar-refractivity contribution in [3.05, 3.63) is 59.3 Å². The van der Waals surface area contributed by atoms with Gasteiger partial charge in [0.25, 0.3) is 15.6 Å². The number of nitrogens with zero attached hydrogens (tertiary/aromatic N) is 4. The highest BCUT2D eigenvalue weighted by Gasteiger charge is 2.35. The monoisotopic (exact) mass is 431 g/mol. The van der Waals surface area contributed by atoms with Gasteiger partial charge in [0, 0.05) is 24.9 Å². The Morgan fingerprint density at radius 2 is 2.07 bits per heavy atom. The Balaban J connectivity index is 1.65. The fourth-order valence-corrected chi connectivity index (χ4v) is 4.52. The lowest BCUT2D eigenvalue weighted by atomic mass is 10.1. The van der Waals surface area contributed by atoms with Crippen molar-refractivity contribution in [3.63, 3.8) is 0 Å². The molecule has 2 aromatic heterocycles. The summed E-state index contributed by atoms with van der Waals surface area (Å²) in [5.74, 6) is 0.664. The fourth-order valence-electron chi connectivity index (χ4n) is 3.28. The number of hydrogen-bond acceptors (Lipinski definition) is 7. The van der Waals surface area contributed by atoms with E-state index in [1.54, 1.807) is 24.8 Å². The number of aryl methyl sites for hydroxylation is 1. The highest BCUT2D eigenvalue weighted by atomic mass is 32.2. The zero-order valence-electron chi connectivity index (χ0n) is 16.4. The molecule has 1 N–H and O–H groups in total. The molecule has 0 spiro atoms. The number of aromatic nitrogens is 4. The minimum Gasteiger partial charge on any atom is -0.497 e. The summed E-state index contributed by atoms with van der Waals surface area (Å²) in [7, 11) is -0.617. The molecule has 0 bridgehead atoms. The molecule has 10 nitrogen and oxygen atoms in total. The molecule has 0 amide bonds. The van der Waals surface area contributed by atoms with Crippen LogP contribution in [0.25, 0.3) is 11.3 Å². The number of sulfonamides is 1. The van der Waals surface area contributed by atoms with Gasteiger partial charge in [-0.1, -0.05) is 12.1 Å². The third-order valence-corrected chi connectivity index (χ3v) is 6.19. The summed E-state index contributed by atoms with van der Waals surface area (Å²) in [5, 5.41) is 4.37. The molecular weight excluding hydrogens is 410 g/mol. The van der Waals surface area contributed by atoms with E-state index in [1.807, 2.05) is 24.3 Å². The highest BCUT2D eigenvalue weighted by Crippen LogP contribution is 2.24. The summed E-state index contributed by atoms with van der Waals surface area (Å²) in [4.78, 5) is 16.4. The van der Waals surface area contributed by atoms with Gasteiger partial charge in [-0.2, -0.15) is 5.10 Å². The average molecular weight is 431 g/mol. The second kappa shape index (κ2) is 8.01. The van der Waals surface area contributed by atoms with Crippen molar-refractivity contribution in [3.8, 4) is 17.0 Å². The van der Waals surface area contributed by atoms with Crippen LogP contribution in [0.5, 0.6) is 5.75 Å². The van der Waals surface area contributed by atoms with Crippen molar-refractivity contribution in [2.24, 2.45) is 7.05 Å². The molecule has 3 aromatic rings. The van der Waals surface area contributed by atoms with Crippen LogP contribution < -0.4 is 15.0 Å². The number of rotatable bonds is 6. The van der Waals surface area contributed by atoms with Gasteiger partial charge in [0.05, 0.1) is 44.4 Å². The van der Waals surface area contributed by atoms with Crippen molar-refractivity contribution in [2.45, 2.75) is 17.1 Å². The Labute approximate surface area is 173 Å². The first-order chi connectivity index (χ1) is 14.4. The summed E-state index contributed by atoms with van der Waals surface area (Å²) < 4.78 is 41.4. The lowest BCUT2D eigenvalue weighted by Crippen LogP contribution is -2.44. The second-order valence-corrected chi connectivity index (χ2v) is 8.60. The molecule has 0 saturated carbocycles. The van der Waals surface area contributed by atoms with Gasteiger partial charge in [-0.25, -0.2) is 22.8 Å². The summed E-state index contributed by atoms with van der Waals surface area (Å²) in [6.45, 7) is 0.276. The van der Waals surface area contributed by atoms with Crippen molar-refractivity contribution in [1.29, 1.82) is 0 Å². The van der Waals surface area contributed by atoms with Crippen molar-refractivity contribution < 1.29 is 17.9 Å². The number of hydrogen-bond donors (Lipinski definition) is 1. The normalized spacial score (nSPS) is 19.1. The van der Waals surface area contributed by atoms with Crippen LogP contribution in [0.2, 0.25) is 0 Å². The van der Waals surface area contributed by atoms with Gasteiger partial charge in [0.2, 0.25) is 0 Å². The van der Waals surface area contributed by atoms with E-state index in [1.165, 1.54) is 23.3 Å². The third kappa shape index (κ3) is 3.99. The zero-order valence-corrected chi connectivity index (χ0v) is 17.2. The molecule has 11 heteroatoms. The van der Waals surface area contributed by atoms with Gasteiger partial charge in [-0.3, -0.25) is 4.79 Å². The van der Waals surface area contributed by atoms with Crippen LogP contribution in [0.4, 0.5) is 0 Å². The van der Waals surface area contributed by atoms with Crippen LogP contribution in [-0.4, -0.2) is 54.1 Å². The Morgan fingerprint density at radius 1 is 1.23 bits per heavy atom. The summed E-state index contributed by atoms with van der Waals surface area (Å²) >= 11 is 0. The minimum atomic E-state index is -3.87. The number of ether oxygens (including phenoxy) is 2. The SMILES string of the molecule is COc1cccc(-c2ccc(=O)n(C3COCC3NS(=O)(=O)c3cn(C)cn3)n2)c1. The first-order valence-corrected chi connectivity index (χ1v) is 10.7. The average Bonchev–Trinajstić information content (AvgIpc) is 3.37. The molecule has 1 saturated heterocycles. The van der Waals surface area contributed by atoms with E-state index in [0.29, 0.717) is 11.4 Å². The molecule has 0 aliphatic carbocycles. The predicted octanol–water partition coefficient (Wildman–Crippen LogP) is 0.571. The molecule has 4 rings (SSSR count). The molecule has 158 valence electrons. The quantitative estimate of drug-likeness (QED) is 0.606. The van der Waals surface area contributed by atoms with Crippen LogP contribution in [0.15, 0.2) is 58.7 Å². The molecule has 1 aliphatic rings. The molecule has 2 atom stereocenters. The summed E-state index contributed by atoms with van der Waals surface area (Å²) in [5.41, 5.74) is 0.985. The lowest BCUT2D eigenvalue weighted by Gasteiger charge is -2.20. The first-order valence-electron chi connectivity index (χ1n) is 9.20. The number of benzene rings is 1. The summed E-state index contributed by atoms with van der Waals surface area (Å²) in [6.07, 6.45) is 2.81. The maximum absolute atomic E-state index is 12.7. The van der Waals surface area contributed by atoms with Gasteiger partial charge >= 0.3 is 0 Å². The van der Waals surface area contributed by atoms with E-state index in [4.69, 9.17) is 9.47 Å². The zero-order chi connectivity index (χ0) is 21.3. The van der Waals surface area contributed by atoms with E-state index in [-0.39, 0.29) is 23.8 Å². The van der Waals surface area contributed by atoms with E-state index in [2.05, 4.69) is 14.8 Å². The molecule has 3 heterocycles. The van der Waals surface area contributed by atoms with Gasteiger partial charge in [-0.05, 0) is 18.2 Å². The number of imidazole rings is 1. The van der Waals surface area contributed by atoms with Crippen molar-refractivity contribution in [2.75, 3.05) is 20.3 Å². The van der Waals surface area contributed by atoms with Crippen LogP contribution in [0, 0.1) is 0 Å². The largest absolute Gasteiger partial charge is 0.497 e. The predicted molar refractivity (Wildman–Crippen MR) is 108 cm³/mol. The van der Waals surface area contributed by atoms with E-state index >= 15 is 0 Å². The second-order valence-electron chi connectivity index (χ2n) is 6.94. The fraction of sp³-hybridized carbons (Fsp3) is 0.316. The third-order valence-electron chi connectivity index (χ3n) is 4.82. The van der Waals surface area contributed by atoms with Crippen LogP contribution in [-0.2, 0) is 21.8 Å². The van der Waals surface area contributed by atoms with E-state index in [0.717, 1.165) is 5.56 Å². The van der Waals surface area contributed by atoms with Gasteiger partial charge in [-0.15, -0.1) is 0 Å². The van der Waals surface area contributed by atoms with Crippen LogP contribution in [0.3, 0.4) is 0 Å². The van der Waals surface area contributed by atoms with Gasteiger partial charge < -0.3 is 14.0 Å². The van der Waals surface area contributed by atoms with Crippen LogP contribution in [0.1, 0.15) is 6.04 Å². The Kier molecular flexibility index (Phi) is 5.41. The van der Waals surface area contributed by atoms with E-state index in [9.17, 15) is 13.2 Å². The van der Waals surface area contributed by atoms with Gasteiger partial charge in [0.15, 0.2) is 5.03 Å². The van der Waals surface area contributed by atoms with E-state index < -0.39 is 22.1 Å². The molecule has 1 aromatic carbocycles. The smallest absolute Gasteiger partial charge is 0.267 e.